The van der Waals surface area contributed by atoms with Gasteiger partial charge >= 0.3 is 17.8 Å². The van der Waals surface area contributed by atoms with E-state index in [2.05, 4.69) is 9.72 Å². The number of H-pyrrole nitrogens is 1. The monoisotopic (exact) mass is 354 g/mol. The summed E-state index contributed by atoms with van der Waals surface area (Å²) in [6, 6.07) is 0. The van der Waals surface area contributed by atoms with Crippen LogP contribution < -0.4 is 0 Å². The number of aromatic nitrogens is 2. The number of β-amino-alcohol motifs (C(OH)–C–C–N with tert-alkyl or cyclic N) is 1. The van der Waals surface area contributed by atoms with Gasteiger partial charge in [0.25, 0.3) is 5.91 Å². The SMILES string of the molecule is O=C1C(O)OCCN1C[C@@H](O)Cc1nc(C(F)(F)F)[nH]c1[N+](=O)[O-]. The Morgan fingerprint density at radius 1 is 1.54 bits per heavy atom. The third-order valence-corrected chi connectivity index (χ3v) is 3.23. The number of hydrogen-bond donors (Lipinski definition) is 3. The second-order valence-corrected chi connectivity index (χ2v) is 5.00. The number of imidazole rings is 1. The van der Waals surface area contributed by atoms with E-state index in [1.165, 1.54) is 0 Å². The zero-order chi connectivity index (χ0) is 18.1. The van der Waals surface area contributed by atoms with Crippen molar-refractivity contribution in [2.45, 2.75) is 25.0 Å². The number of hydrogen-bond acceptors (Lipinski definition) is 7. The highest BCUT2D eigenvalue weighted by atomic mass is 19.4. The van der Waals surface area contributed by atoms with Gasteiger partial charge in [-0.05, 0) is 4.92 Å². The molecular formula is C11H13F3N4O6. The van der Waals surface area contributed by atoms with Crippen molar-refractivity contribution in [2.24, 2.45) is 0 Å². The molecule has 2 heterocycles. The fourth-order valence-corrected chi connectivity index (χ4v) is 2.16. The number of carbonyl (C=O) groups excluding carboxylic acids is 1. The van der Waals surface area contributed by atoms with Crippen molar-refractivity contribution in [3.05, 3.63) is 21.6 Å². The van der Waals surface area contributed by atoms with Crippen LogP contribution in [0.3, 0.4) is 0 Å². The first kappa shape index (κ1) is 18.1. The molecule has 1 saturated heterocycles. The van der Waals surface area contributed by atoms with Crippen molar-refractivity contribution in [3.8, 4) is 0 Å². The van der Waals surface area contributed by atoms with Crippen LogP contribution in [0.5, 0.6) is 0 Å². The van der Waals surface area contributed by atoms with E-state index in [0.29, 0.717) is 0 Å². The Kier molecular flexibility index (Phi) is 5.05. The Balaban J connectivity index is 2.10. The molecule has 1 unspecified atom stereocenters. The molecule has 13 heteroatoms. The molecule has 2 atom stereocenters. The number of alkyl halides is 3. The molecule has 3 N–H and O–H groups in total. The normalized spacial score (nSPS) is 20.3. The number of amides is 1. The van der Waals surface area contributed by atoms with Gasteiger partial charge in [0, 0.05) is 19.5 Å². The van der Waals surface area contributed by atoms with Crippen molar-refractivity contribution < 1.29 is 37.8 Å². The molecule has 24 heavy (non-hydrogen) atoms. The molecular weight excluding hydrogens is 341 g/mol. The van der Waals surface area contributed by atoms with Gasteiger partial charge in [-0.1, -0.05) is 0 Å². The summed E-state index contributed by atoms with van der Waals surface area (Å²) in [5.41, 5.74) is -0.582. The average Bonchev–Trinajstić information content (AvgIpc) is 2.88. The van der Waals surface area contributed by atoms with Gasteiger partial charge in [-0.3, -0.25) is 4.79 Å². The molecule has 134 valence electrons. The number of nitrogens with one attached hydrogen (secondary N) is 1. The first-order chi connectivity index (χ1) is 11.1. The van der Waals surface area contributed by atoms with Crippen molar-refractivity contribution in [1.82, 2.24) is 14.9 Å². The molecule has 1 fully saturated rings. The Bertz CT molecular complexity index is 634. The average molecular weight is 354 g/mol. The maximum absolute atomic E-state index is 12.6. The van der Waals surface area contributed by atoms with Crippen molar-refractivity contribution in [2.75, 3.05) is 19.7 Å². The van der Waals surface area contributed by atoms with Crippen molar-refractivity contribution in [1.29, 1.82) is 0 Å². The van der Waals surface area contributed by atoms with E-state index in [0.717, 1.165) is 4.90 Å². The van der Waals surface area contributed by atoms with Crippen LogP contribution in [0.25, 0.3) is 0 Å². The number of aliphatic hydroxyl groups is 2. The largest absolute Gasteiger partial charge is 0.473 e. The van der Waals surface area contributed by atoms with Gasteiger partial charge in [-0.25, -0.2) is 9.97 Å². The summed E-state index contributed by atoms with van der Waals surface area (Å²) in [6.45, 7) is -0.269. The predicted molar refractivity (Wildman–Crippen MR) is 68.5 cm³/mol. The van der Waals surface area contributed by atoms with Crippen LogP contribution in [0.15, 0.2) is 0 Å². The topological polar surface area (TPSA) is 142 Å². The second-order valence-electron chi connectivity index (χ2n) is 5.00. The van der Waals surface area contributed by atoms with Gasteiger partial charge in [0.05, 0.1) is 12.7 Å². The van der Waals surface area contributed by atoms with Gasteiger partial charge in [-0.2, -0.15) is 13.2 Å². The zero-order valence-corrected chi connectivity index (χ0v) is 12.0. The number of carbonyl (C=O) groups is 1. The molecule has 0 radical (unpaired) electrons. The van der Waals surface area contributed by atoms with E-state index < -0.39 is 53.2 Å². The highest BCUT2D eigenvalue weighted by molar-refractivity contribution is 5.79. The van der Waals surface area contributed by atoms with Crippen LogP contribution in [0.1, 0.15) is 11.5 Å². The minimum absolute atomic E-state index is 0.0143. The number of halogens is 3. The Labute approximate surface area is 132 Å². The molecule has 1 aromatic heterocycles. The molecule has 0 aliphatic carbocycles. The molecule has 1 aliphatic heterocycles. The molecule has 2 rings (SSSR count). The molecule has 1 aliphatic rings. The lowest BCUT2D eigenvalue weighted by Crippen LogP contribution is -2.50. The summed E-state index contributed by atoms with van der Waals surface area (Å²) in [5.74, 6) is -3.34. The zero-order valence-electron chi connectivity index (χ0n) is 12.0. The first-order valence-electron chi connectivity index (χ1n) is 6.66. The number of nitrogens with zero attached hydrogens (tertiary/aromatic N) is 3. The fraction of sp³-hybridized carbons (Fsp3) is 0.636. The highest BCUT2D eigenvalue weighted by Crippen LogP contribution is 2.30. The van der Waals surface area contributed by atoms with Crippen LogP contribution in [0.4, 0.5) is 19.0 Å². The number of aliphatic hydroxyl groups excluding tert-OH is 2. The van der Waals surface area contributed by atoms with Crippen molar-refractivity contribution >= 4 is 11.7 Å². The Hall–Kier alpha value is -2.25. The number of rotatable bonds is 5. The molecule has 1 aromatic rings. The van der Waals surface area contributed by atoms with Gasteiger partial charge in [0.2, 0.25) is 6.29 Å². The summed E-state index contributed by atoms with van der Waals surface area (Å²) in [6.07, 6.45) is -8.58. The summed E-state index contributed by atoms with van der Waals surface area (Å²) in [4.78, 5) is 27.0. The number of morpholine rings is 1. The first-order valence-corrected chi connectivity index (χ1v) is 6.66. The summed E-state index contributed by atoms with van der Waals surface area (Å²) in [5, 5.41) is 29.9. The maximum atomic E-state index is 12.6. The summed E-state index contributed by atoms with van der Waals surface area (Å²) in [7, 11) is 0. The number of nitro groups is 1. The number of ether oxygens (including phenoxy) is 1. The van der Waals surface area contributed by atoms with E-state index in [4.69, 9.17) is 0 Å². The molecule has 0 spiro atoms. The standard InChI is InChI=1S/C11H13F3N4O6/c12-11(13,14)10-15-6(7(16-10)18(22)23)3-5(19)4-17-1-2-24-9(21)8(17)20/h5,9,19,21H,1-4H2,(H,15,16)/t5-,9?/m0/s1. The molecule has 1 amide bonds. The van der Waals surface area contributed by atoms with Gasteiger partial charge in [-0.15, -0.1) is 0 Å². The molecule has 0 saturated carbocycles. The Morgan fingerprint density at radius 2 is 2.21 bits per heavy atom. The van der Waals surface area contributed by atoms with Crippen LogP contribution in [0, 0.1) is 10.1 Å². The highest BCUT2D eigenvalue weighted by Gasteiger charge is 2.41. The molecule has 0 aromatic carbocycles. The summed E-state index contributed by atoms with van der Waals surface area (Å²) < 4.78 is 42.4. The van der Waals surface area contributed by atoms with E-state index in [1.54, 1.807) is 4.98 Å². The van der Waals surface area contributed by atoms with Gasteiger partial charge in [0.15, 0.2) is 0 Å². The summed E-state index contributed by atoms with van der Waals surface area (Å²) >= 11 is 0. The maximum Gasteiger partial charge on any atom is 0.473 e. The van der Waals surface area contributed by atoms with Gasteiger partial charge < -0.3 is 30.0 Å². The smallest absolute Gasteiger partial charge is 0.391 e. The van der Waals surface area contributed by atoms with Crippen LogP contribution in [-0.2, 0) is 22.1 Å². The number of aromatic amines is 1. The second kappa shape index (κ2) is 6.70. The minimum Gasteiger partial charge on any atom is -0.391 e. The lowest BCUT2D eigenvalue weighted by Gasteiger charge is -2.31. The fourth-order valence-electron chi connectivity index (χ4n) is 2.16. The van der Waals surface area contributed by atoms with Crippen LogP contribution >= 0.6 is 0 Å². The van der Waals surface area contributed by atoms with Crippen molar-refractivity contribution in [3.63, 3.8) is 0 Å². The molecule has 10 nitrogen and oxygen atoms in total. The van der Waals surface area contributed by atoms with Gasteiger partial charge in [0.1, 0.15) is 5.69 Å². The van der Waals surface area contributed by atoms with E-state index in [-0.39, 0.29) is 19.7 Å². The minimum atomic E-state index is -4.90. The third-order valence-electron chi connectivity index (χ3n) is 3.23. The lowest BCUT2D eigenvalue weighted by atomic mass is 10.2. The van der Waals surface area contributed by atoms with E-state index in [9.17, 15) is 38.3 Å². The van der Waals surface area contributed by atoms with E-state index >= 15 is 0 Å². The lowest BCUT2D eigenvalue weighted by molar-refractivity contribution is -0.390. The third kappa shape index (κ3) is 3.98. The Morgan fingerprint density at radius 3 is 2.79 bits per heavy atom. The quantitative estimate of drug-likeness (QED) is 0.474. The van der Waals surface area contributed by atoms with Crippen LogP contribution in [0.2, 0.25) is 0 Å². The van der Waals surface area contributed by atoms with Crippen LogP contribution in [-0.4, -0.2) is 68.0 Å². The van der Waals surface area contributed by atoms with E-state index in [1.807, 2.05) is 0 Å². The molecule has 0 bridgehead atoms. The predicted octanol–water partition coefficient (Wildman–Crippen LogP) is -0.583.